The molecule has 0 spiro atoms. The van der Waals surface area contributed by atoms with E-state index in [0.717, 1.165) is 61.3 Å². The fraction of sp³-hybridized carbons (Fsp3) is 0.520. The van der Waals surface area contributed by atoms with Gasteiger partial charge in [-0.2, -0.15) is 0 Å². The first kappa shape index (κ1) is 23.5. The quantitative estimate of drug-likeness (QED) is 0.605. The second-order valence-corrected chi connectivity index (χ2v) is 10.0. The third kappa shape index (κ3) is 5.66. The molecule has 0 atom stereocenters. The van der Waals surface area contributed by atoms with Gasteiger partial charge in [0.1, 0.15) is 11.6 Å². The third-order valence-electron chi connectivity index (χ3n) is 6.19. The maximum Gasteiger partial charge on any atom is 0.255 e. The standard InChI is InChI=1S/C25H33N5O2S/c1-18(2)24-26-19(3)16-22(27-24)28-12-14-30(15-13-28)25(32)20-8-4-5-9-21(20)33-17-23(31)29-10-6-7-11-29/h4-5,8-9,16,18H,6-7,10-15,17H2,1-3H3. The van der Waals surface area contributed by atoms with Crippen LogP contribution in [0.3, 0.4) is 0 Å². The van der Waals surface area contributed by atoms with Crippen LogP contribution in [-0.4, -0.2) is 76.6 Å². The van der Waals surface area contributed by atoms with E-state index in [0.29, 0.717) is 24.4 Å². The Morgan fingerprint density at radius 3 is 2.36 bits per heavy atom. The first-order valence-corrected chi connectivity index (χ1v) is 12.8. The monoisotopic (exact) mass is 467 g/mol. The van der Waals surface area contributed by atoms with Crippen molar-refractivity contribution in [2.45, 2.75) is 44.4 Å². The number of amides is 2. The molecule has 33 heavy (non-hydrogen) atoms. The van der Waals surface area contributed by atoms with Gasteiger partial charge in [0.15, 0.2) is 0 Å². The highest BCUT2D eigenvalue weighted by atomic mass is 32.2. The third-order valence-corrected chi connectivity index (χ3v) is 7.25. The van der Waals surface area contributed by atoms with Crippen LogP contribution in [0.2, 0.25) is 0 Å². The van der Waals surface area contributed by atoms with E-state index in [2.05, 4.69) is 23.7 Å². The van der Waals surface area contributed by atoms with Crippen LogP contribution < -0.4 is 4.90 Å². The van der Waals surface area contributed by atoms with Crippen molar-refractivity contribution in [1.29, 1.82) is 0 Å². The fourth-order valence-corrected chi connectivity index (χ4v) is 5.22. The first-order valence-electron chi connectivity index (χ1n) is 11.8. The molecule has 2 fully saturated rings. The number of piperazine rings is 1. The van der Waals surface area contributed by atoms with Gasteiger partial charge >= 0.3 is 0 Å². The van der Waals surface area contributed by atoms with Crippen molar-refractivity contribution >= 4 is 29.4 Å². The second-order valence-electron chi connectivity index (χ2n) is 9.03. The molecule has 0 bridgehead atoms. The van der Waals surface area contributed by atoms with Crippen molar-refractivity contribution in [3.63, 3.8) is 0 Å². The number of hydrogen-bond donors (Lipinski definition) is 0. The molecule has 0 radical (unpaired) electrons. The summed E-state index contributed by atoms with van der Waals surface area (Å²) in [5, 5.41) is 0. The summed E-state index contributed by atoms with van der Waals surface area (Å²) in [4.78, 5) is 42.0. The molecule has 2 saturated heterocycles. The molecule has 176 valence electrons. The molecular formula is C25H33N5O2S. The van der Waals surface area contributed by atoms with E-state index in [1.165, 1.54) is 11.8 Å². The number of carbonyl (C=O) groups excluding carboxylic acids is 2. The first-order chi connectivity index (χ1) is 15.9. The molecule has 2 aliphatic rings. The average molecular weight is 468 g/mol. The number of aryl methyl sites for hydroxylation is 1. The van der Waals surface area contributed by atoms with Gasteiger partial charge in [-0.1, -0.05) is 26.0 Å². The highest BCUT2D eigenvalue weighted by Gasteiger charge is 2.26. The van der Waals surface area contributed by atoms with E-state index in [-0.39, 0.29) is 17.7 Å². The molecule has 0 N–H and O–H groups in total. The Hall–Kier alpha value is -2.61. The van der Waals surface area contributed by atoms with E-state index in [1.807, 2.05) is 47.1 Å². The lowest BCUT2D eigenvalue weighted by molar-refractivity contribution is -0.127. The minimum absolute atomic E-state index is 0.0353. The molecule has 2 aliphatic heterocycles. The number of anilines is 1. The Kier molecular flexibility index (Phi) is 7.53. The van der Waals surface area contributed by atoms with Gasteiger partial charge in [0.05, 0.1) is 11.3 Å². The van der Waals surface area contributed by atoms with Crippen molar-refractivity contribution < 1.29 is 9.59 Å². The van der Waals surface area contributed by atoms with E-state index in [9.17, 15) is 9.59 Å². The van der Waals surface area contributed by atoms with E-state index in [1.54, 1.807) is 0 Å². The summed E-state index contributed by atoms with van der Waals surface area (Å²) in [5.74, 6) is 2.65. The van der Waals surface area contributed by atoms with Crippen LogP contribution in [0, 0.1) is 6.92 Å². The molecule has 1 aromatic carbocycles. The SMILES string of the molecule is Cc1cc(N2CCN(C(=O)c3ccccc3SCC(=O)N3CCCC3)CC2)nc(C(C)C)n1. The van der Waals surface area contributed by atoms with E-state index in [4.69, 9.17) is 4.98 Å². The zero-order valence-corrected chi connectivity index (χ0v) is 20.6. The van der Waals surface area contributed by atoms with Crippen LogP contribution in [0.25, 0.3) is 0 Å². The number of aromatic nitrogens is 2. The number of rotatable bonds is 6. The lowest BCUT2D eigenvalue weighted by Gasteiger charge is -2.36. The molecule has 0 unspecified atom stereocenters. The smallest absolute Gasteiger partial charge is 0.255 e. The minimum atomic E-state index is 0.0353. The van der Waals surface area contributed by atoms with Gasteiger partial charge in [-0.3, -0.25) is 9.59 Å². The summed E-state index contributed by atoms with van der Waals surface area (Å²) in [6, 6.07) is 9.67. The molecule has 2 amide bonds. The number of benzene rings is 1. The Morgan fingerprint density at radius 1 is 0.970 bits per heavy atom. The van der Waals surface area contributed by atoms with Gasteiger partial charge in [0.25, 0.3) is 5.91 Å². The highest BCUT2D eigenvalue weighted by molar-refractivity contribution is 8.00. The van der Waals surface area contributed by atoms with Crippen molar-refractivity contribution in [3.05, 3.63) is 47.4 Å². The zero-order chi connectivity index (χ0) is 23.4. The maximum absolute atomic E-state index is 13.3. The Bertz CT molecular complexity index is 998. The summed E-state index contributed by atoms with van der Waals surface area (Å²) in [5.41, 5.74) is 1.65. The van der Waals surface area contributed by atoms with Gasteiger partial charge < -0.3 is 14.7 Å². The molecule has 3 heterocycles. The lowest BCUT2D eigenvalue weighted by Crippen LogP contribution is -2.49. The van der Waals surface area contributed by atoms with Crippen LogP contribution in [0.5, 0.6) is 0 Å². The Labute approximate surface area is 200 Å². The van der Waals surface area contributed by atoms with Crippen LogP contribution in [0.4, 0.5) is 5.82 Å². The summed E-state index contributed by atoms with van der Waals surface area (Å²) in [6.45, 7) is 10.7. The Balaban J connectivity index is 1.38. The van der Waals surface area contributed by atoms with Gasteiger partial charge in [-0.25, -0.2) is 9.97 Å². The zero-order valence-electron chi connectivity index (χ0n) is 19.8. The maximum atomic E-state index is 13.3. The van der Waals surface area contributed by atoms with Gasteiger partial charge in [0, 0.05) is 61.8 Å². The molecule has 2 aromatic rings. The van der Waals surface area contributed by atoms with Crippen LogP contribution >= 0.6 is 11.8 Å². The topological polar surface area (TPSA) is 69.6 Å². The van der Waals surface area contributed by atoms with Crippen molar-refractivity contribution in [2.75, 3.05) is 49.9 Å². The number of carbonyl (C=O) groups is 2. The second kappa shape index (κ2) is 10.5. The van der Waals surface area contributed by atoms with Gasteiger partial charge in [-0.15, -0.1) is 11.8 Å². The minimum Gasteiger partial charge on any atom is -0.353 e. The summed E-state index contributed by atoms with van der Waals surface area (Å²) < 4.78 is 0. The number of thioether (sulfide) groups is 1. The summed E-state index contributed by atoms with van der Waals surface area (Å²) in [7, 11) is 0. The van der Waals surface area contributed by atoms with Crippen LogP contribution in [0.1, 0.15) is 54.5 Å². The van der Waals surface area contributed by atoms with Gasteiger partial charge in [0.2, 0.25) is 5.91 Å². The Morgan fingerprint density at radius 2 is 1.67 bits per heavy atom. The number of likely N-dealkylation sites (tertiary alicyclic amines) is 1. The lowest BCUT2D eigenvalue weighted by atomic mass is 10.1. The average Bonchev–Trinajstić information content (AvgIpc) is 3.37. The van der Waals surface area contributed by atoms with Crippen LogP contribution in [0.15, 0.2) is 35.2 Å². The predicted octanol–water partition coefficient (Wildman–Crippen LogP) is 3.59. The number of hydrogen-bond acceptors (Lipinski definition) is 6. The number of nitrogens with zero attached hydrogens (tertiary/aromatic N) is 5. The van der Waals surface area contributed by atoms with Crippen molar-refractivity contribution in [1.82, 2.24) is 19.8 Å². The summed E-state index contributed by atoms with van der Waals surface area (Å²) >= 11 is 1.47. The van der Waals surface area contributed by atoms with Crippen molar-refractivity contribution in [2.24, 2.45) is 0 Å². The molecule has 7 nitrogen and oxygen atoms in total. The molecule has 0 saturated carbocycles. The van der Waals surface area contributed by atoms with E-state index < -0.39 is 0 Å². The normalized spacial score (nSPS) is 16.5. The highest BCUT2D eigenvalue weighted by Crippen LogP contribution is 2.26. The summed E-state index contributed by atoms with van der Waals surface area (Å²) in [6.07, 6.45) is 2.18. The molecule has 0 aliphatic carbocycles. The molecule has 4 rings (SSSR count). The fourth-order valence-electron chi connectivity index (χ4n) is 4.27. The largest absolute Gasteiger partial charge is 0.353 e. The van der Waals surface area contributed by atoms with E-state index >= 15 is 0 Å². The van der Waals surface area contributed by atoms with Crippen LogP contribution in [-0.2, 0) is 4.79 Å². The van der Waals surface area contributed by atoms with Crippen molar-refractivity contribution in [3.8, 4) is 0 Å². The molecule has 8 heteroatoms. The molecular weight excluding hydrogens is 434 g/mol. The van der Waals surface area contributed by atoms with Gasteiger partial charge in [-0.05, 0) is 31.9 Å². The predicted molar refractivity (Wildman–Crippen MR) is 132 cm³/mol. The molecule has 1 aromatic heterocycles.